The van der Waals surface area contributed by atoms with Crippen LogP contribution >= 0.6 is 0 Å². The van der Waals surface area contributed by atoms with Gasteiger partial charge < -0.3 is 14.9 Å². The van der Waals surface area contributed by atoms with Crippen molar-refractivity contribution in [1.82, 2.24) is 0 Å². The molecule has 7 heteroatoms. The van der Waals surface area contributed by atoms with E-state index >= 15 is 0 Å². The van der Waals surface area contributed by atoms with Gasteiger partial charge in [0.05, 0.1) is 19.2 Å². The summed E-state index contributed by atoms with van der Waals surface area (Å²) in [5.41, 5.74) is 0.529. The fourth-order valence-electron chi connectivity index (χ4n) is 4.34. The lowest BCUT2D eigenvalue weighted by Crippen LogP contribution is -2.34. The van der Waals surface area contributed by atoms with Gasteiger partial charge in [0.1, 0.15) is 17.3 Å². The summed E-state index contributed by atoms with van der Waals surface area (Å²) in [5.74, 6) is -1.71. The SMILES string of the molecule is CC(=O)OC1=CC([Si](C)(C)C)c2c(O)c3c(c(O)c2C1)C(=O)c1ccccc1C3=O. The van der Waals surface area contributed by atoms with E-state index in [2.05, 4.69) is 19.6 Å². The molecule has 0 aliphatic heterocycles. The summed E-state index contributed by atoms with van der Waals surface area (Å²) in [6.45, 7) is 7.52. The number of phenols is 2. The molecule has 1 atom stereocenters. The summed E-state index contributed by atoms with van der Waals surface area (Å²) in [4.78, 5) is 37.9. The second kappa shape index (κ2) is 6.67. The van der Waals surface area contributed by atoms with Gasteiger partial charge in [-0.3, -0.25) is 14.4 Å². The van der Waals surface area contributed by atoms with Crippen molar-refractivity contribution in [3.05, 3.63) is 69.5 Å². The van der Waals surface area contributed by atoms with Gasteiger partial charge in [-0.1, -0.05) is 43.9 Å². The number of ether oxygens (including phenoxy) is 1. The minimum atomic E-state index is -2.05. The number of hydrogen-bond acceptors (Lipinski definition) is 6. The van der Waals surface area contributed by atoms with Crippen molar-refractivity contribution < 1.29 is 29.3 Å². The van der Waals surface area contributed by atoms with E-state index in [1.165, 1.54) is 13.0 Å². The molecule has 0 aromatic heterocycles. The lowest BCUT2D eigenvalue weighted by Gasteiger charge is -2.35. The third-order valence-corrected chi connectivity index (χ3v) is 8.00. The van der Waals surface area contributed by atoms with Crippen LogP contribution in [0.25, 0.3) is 0 Å². The van der Waals surface area contributed by atoms with Crippen LogP contribution in [-0.4, -0.2) is 35.8 Å². The van der Waals surface area contributed by atoms with Crippen LogP contribution in [0.4, 0.5) is 0 Å². The number of esters is 1. The molecule has 2 aromatic rings. The first-order valence-electron chi connectivity index (χ1n) is 9.70. The molecule has 4 rings (SSSR count). The molecule has 0 amide bonds. The third kappa shape index (κ3) is 2.89. The first-order valence-corrected chi connectivity index (χ1v) is 13.3. The molecule has 0 heterocycles. The van der Waals surface area contributed by atoms with Crippen LogP contribution in [0.3, 0.4) is 0 Å². The Hall–Kier alpha value is -3.19. The number of carbonyl (C=O) groups is 3. The maximum Gasteiger partial charge on any atom is 0.307 e. The molecule has 2 aliphatic carbocycles. The van der Waals surface area contributed by atoms with E-state index in [1.54, 1.807) is 24.3 Å². The zero-order valence-electron chi connectivity index (χ0n) is 17.2. The average molecular weight is 423 g/mol. The largest absolute Gasteiger partial charge is 0.507 e. The quantitative estimate of drug-likeness (QED) is 0.370. The van der Waals surface area contributed by atoms with E-state index < -0.39 is 25.6 Å². The smallest absolute Gasteiger partial charge is 0.307 e. The summed E-state index contributed by atoms with van der Waals surface area (Å²) in [5, 5.41) is 22.3. The normalized spacial score (nSPS) is 17.6. The molecule has 0 radical (unpaired) electrons. The molecule has 30 heavy (non-hydrogen) atoms. The van der Waals surface area contributed by atoms with Crippen LogP contribution in [0.5, 0.6) is 11.5 Å². The standard InChI is InChI=1S/C23H22O6Si/c1-11(24)29-12-9-15-17(16(10-12)30(2,3)4)23(28)19-18(22(15)27)20(25)13-7-5-6-8-14(13)21(19)26/h5-8,10,16,27-28H,9H2,1-4H3. The number of ketones is 2. The Morgan fingerprint density at radius 1 is 1.00 bits per heavy atom. The molecule has 0 saturated carbocycles. The van der Waals surface area contributed by atoms with Gasteiger partial charge in [-0.2, -0.15) is 0 Å². The van der Waals surface area contributed by atoms with Crippen molar-refractivity contribution in [2.75, 3.05) is 0 Å². The van der Waals surface area contributed by atoms with Gasteiger partial charge in [0.15, 0.2) is 11.6 Å². The fraction of sp³-hybridized carbons (Fsp3) is 0.261. The van der Waals surface area contributed by atoms with E-state index in [1.807, 2.05) is 0 Å². The molecule has 0 spiro atoms. The summed E-state index contributed by atoms with van der Waals surface area (Å²) in [7, 11) is -2.05. The first-order chi connectivity index (χ1) is 14.0. The van der Waals surface area contributed by atoms with E-state index in [9.17, 15) is 24.6 Å². The molecule has 1 unspecified atom stereocenters. The first kappa shape index (κ1) is 20.1. The number of phenolic OH excluding ortho intramolecular Hbond substituents is 2. The number of benzene rings is 2. The minimum Gasteiger partial charge on any atom is -0.507 e. The Labute approximate surface area is 174 Å². The zero-order valence-corrected chi connectivity index (χ0v) is 18.2. The number of allylic oxidation sites excluding steroid dienone is 2. The maximum absolute atomic E-state index is 13.2. The molecule has 154 valence electrons. The summed E-state index contributed by atoms with van der Waals surface area (Å²) in [6.07, 6.45) is 1.84. The summed E-state index contributed by atoms with van der Waals surface area (Å²) >= 11 is 0. The Morgan fingerprint density at radius 2 is 1.53 bits per heavy atom. The Morgan fingerprint density at radius 3 is 2.03 bits per heavy atom. The highest BCUT2D eigenvalue weighted by Crippen LogP contribution is 2.50. The highest BCUT2D eigenvalue weighted by Gasteiger charge is 2.42. The second-order valence-corrected chi connectivity index (χ2v) is 14.1. The second-order valence-electron chi connectivity index (χ2n) is 8.79. The number of carbonyl (C=O) groups excluding carboxylic acids is 3. The monoisotopic (exact) mass is 422 g/mol. The number of hydrogen-bond donors (Lipinski definition) is 2. The van der Waals surface area contributed by atoms with E-state index in [0.29, 0.717) is 16.9 Å². The molecule has 6 nitrogen and oxygen atoms in total. The molecular formula is C23H22O6Si. The van der Waals surface area contributed by atoms with Gasteiger partial charge in [0, 0.05) is 41.1 Å². The van der Waals surface area contributed by atoms with Gasteiger partial charge in [-0.25, -0.2) is 0 Å². The summed E-state index contributed by atoms with van der Waals surface area (Å²) in [6, 6.07) is 6.38. The predicted octanol–water partition coefficient (Wildman–Crippen LogP) is 3.84. The van der Waals surface area contributed by atoms with Crippen LogP contribution < -0.4 is 0 Å². The lowest BCUT2D eigenvalue weighted by atomic mass is 9.78. The van der Waals surface area contributed by atoms with E-state index in [4.69, 9.17) is 4.74 Å². The van der Waals surface area contributed by atoms with Crippen LogP contribution in [0, 0.1) is 0 Å². The zero-order chi connectivity index (χ0) is 22.0. The number of aromatic hydroxyl groups is 2. The van der Waals surface area contributed by atoms with E-state index in [0.717, 1.165) is 0 Å². The van der Waals surface area contributed by atoms with Crippen LogP contribution in [0.1, 0.15) is 55.4 Å². The number of rotatable bonds is 2. The molecule has 0 saturated heterocycles. The molecular weight excluding hydrogens is 400 g/mol. The van der Waals surface area contributed by atoms with Crippen LogP contribution in [0.15, 0.2) is 36.1 Å². The van der Waals surface area contributed by atoms with Crippen molar-refractivity contribution in [2.24, 2.45) is 0 Å². The van der Waals surface area contributed by atoms with Gasteiger partial charge in [-0.05, 0) is 6.08 Å². The van der Waals surface area contributed by atoms with Gasteiger partial charge >= 0.3 is 5.97 Å². The van der Waals surface area contributed by atoms with Crippen molar-refractivity contribution in [2.45, 2.75) is 38.5 Å². The Bertz CT molecular complexity index is 1170. The minimum absolute atomic E-state index is 0.0473. The number of fused-ring (bicyclic) bond motifs is 3. The highest BCUT2D eigenvalue weighted by molar-refractivity contribution is 6.78. The highest BCUT2D eigenvalue weighted by atomic mass is 28.3. The molecule has 0 fully saturated rings. The maximum atomic E-state index is 13.2. The van der Waals surface area contributed by atoms with Gasteiger partial charge in [0.25, 0.3) is 0 Å². The molecule has 2 aromatic carbocycles. The van der Waals surface area contributed by atoms with Crippen molar-refractivity contribution in [3.8, 4) is 11.5 Å². The van der Waals surface area contributed by atoms with Crippen molar-refractivity contribution in [1.29, 1.82) is 0 Å². The Balaban J connectivity index is 2.03. The van der Waals surface area contributed by atoms with Crippen LogP contribution in [-0.2, 0) is 16.0 Å². The predicted molar refractivity (Wildman–Crippen MR) is 113 cm³/mol. The average Bonchev–Trinajstić information content (AvgIpc) is 2.67. The molecule has 2 N–H and O–H groups in total. The Kier molecular flexibility index (Phi) is 4.47. The van der Waals surface area contributed by atoms with Crippen molar-refractivity contribution >= 4 is 25.6 Å². The van der Waals surface area contributed by atoms with Gasteiger partial charge in [0.2, 0.25) is 0 Å². The van der Waals surface area contributed by atoms with Gasteiger partial charge in [-0.15, -0.1) is 0 Å². The molecule has 0 bridgehead atoms. The molecule has 2 aliphatic rings. The fourth-order valence-corrected chi connectivity index (χ4v) is 6.20. The topological polar surface area (TPSA) is 101 Å². The van der Waals surface area contributed by atoms with Crippen molar-refractivity contribution in [3.63, 3.8) is 0 Å². The summed E-state index contributed by atoms with van der Waals surface area (Å²) < 4.78 is 5.32. The third-order valence-electron chi connectivity index (χ3n) is 5.68. The van der Waals surface area contributed by atoms with Crippen LogP contribution in [0.2, 0.25) is 19.6 Å². The lowest BCUT2D eigenvalue weighted by molar-refractivity contribution is -0.137. The van der Waals surface area contributed by atoms with E-state index in [-0.39, 0.29) is 45.7 Å².